The number of halogens is 1. The number of alkyl halides is 1. The lowest BCUT2D eigenvalue weighted by molar-refractivity contribution is 0.480. The highest BCUT2D eigenvalue weighted by atomic mass is 35.5. The molecule has 46 valence electrons. The average molecular weight is 133 g/mol. The second kappa shape index (κ2) is 1.63. The smallest absolute Gasteiger partial charge is 0.0392 e. The zero-order valence-electron chi connectivity index (χ0n) is 6.68. The lowest BCUT2D eigenvalue weighted by atomic mass is 10.0. The van der Waals surface area contributed by atoms with Gasteiger partial charge in [-0.3, -0.25) is 0 Å². The Kier molecular flexibility index (Phi) is 0.706. The molecule has 2 aliphatic carbocycles. The van der Waals surface area contributed by atoms with E-state index >= 15 is 0 Å². The van der Waals surface area contributed by atoms with Crippen LogP contribution in [0.3, 0.4) is 0 Å². The molecule has 2 bridgehead atoms. The van der Waals surface area contributed by atoms with E-state index in [1.165, 1.54) is 0 Å². The SMILES string of the molecule is [2H][C@@H]1[C@H]([2H])[C@@H]2CC[C@H]1C2Cl. The van der Waals surface area contributed by atoms with Crippen molar-refractivity contribution in [2.45, 2.75) is 31.0 Å². The highest BCUT2D eigenvalue weighted by Gasteiger charge is 2.39. The van der Waals surface area contributed by atoms with Gasteiger partial charge < -0.3 is 0 Å². The van der Waals surface area contributed by atoms with Crippen LogP contribution in [-0.4, -0.2) is 5.38 Å². The lowest BCUT2D eigenvalue weighted by Gasteiger charge is -2.04. The molecule has 0 aromatic heterocycles. The molecular formula is C7H11Cl. The van der Waals surface area contributed by atoms with Gasteiger partial charge in [-0.15, -0.1) is 11.6 Å². The molecule has 5 atom stereocenters. The molecule has 0 N–H and O–H groups in total. The van der Waals surface area contributed by atoms with E-state index in [0.717, 1.165) is 12.8 Å². The summed E-state index contributed by atoms with van der Waals surface area (Å²) in [5.41, 5.74) is 0. The van der Waals surface area contributed by atoms with Gasteiger partial charge in [0.05, 0.1) is 0 Å². The molecule has 2 saturated carbocycles. The Hall–Kier alpha value is 0.290. The normalized spacial score (nSPS) is 74.9. The monoisotopic (exact) mass is 132 g/mol. The van der Waals surface area contributed by atoms with Crippen molar-refractivity contribution in [3.05, 3.63) is 0 Å². The molecule has 0 spiro atoms. The Balaban J connectivity index is 2.21. The maximum Gasteiger partial charge on any atom is 0.0392 e. The predicted molar refractivity (Wildman–Crippen MR) is 35.1 cm³/mol. The van der Waals surface area contributed by atoms with Crippen molar-refractivity contribution in [3.8, 4) is 0 Å². The third-order valence-corrected chi connectivity index (χ3v) is 2.90. The first-order valence-electron chi connectivity index (χ1n) is 4.36. The zero-order valence-corrected chi connectivity index (χ0v) is 5.43. The van der Waals surface area contributed by atoms with Crippen LogP contribution in [0.5, 0.6) is 0 Å². The van der Waals surface area contributed by atoms with Gasteiger partial charge in [0.15, 0.2) is 0 Å². The van der Waals surface area contributed by atoms with Crippen LogP contribution >= 0.6 is 11.6 Å². The minimum absolute atomic E-state index is 0.144. The predicted octanol–water partition coefficient (Wildman–Crippen LogP) is 2.41. The summed E-state index contributed by atoms with van der Waals surface area (Å²) in [7, 11) is 0. The Morgan fingerprint density at radius 3 is 2.00 bits per heavy atom. The number of fused-ring (bicyclic) bond motifs is 2. The topological polar surface area (TPSA) is 0 Å². The van der Waals surface area contributed by atoms with Crippen molar-refractivity contribution >= 4 is 11.6 Å². The summed E-state index contributed by atoms with van der Waals surface area (Å²) < 4.78 is 15.2. The Morgan fingerprint density at radius 1 is 1.25 bits per heavy atom. The van der Waals surface area contributed by atoms with E-state index in [1.54, 1.807) is 0 Å². The fourth-order valence-electron chi connectivity index (χ4n) is 1.71. The molecule has 2 aliphatic rings. The van der Waals surface area contributed by atoms with Crippen molar-refractivity contribution < 1.29 is 2.74 Å². The summed E-state index contributed by atoms with van der Waals surface area (Å²) >= 11 is 6.03. The van der Waals surface area contributed by atoms with Crippen LogP contribution in [0.4, 0.5) is 0 Å². The molecule has 0 nitrogen and oxygen atoms in total. The molecular weight excluding hydrogens is 120 g/mol. The van der Waals surface area contributed by atoms with Crippen LogP contribution in [-0.2, 0) is 0 Å². The fourth-order valence-corrected chi connectivity index (χ4v) is 2.13. The van der Waals surface area contributed by atoms with Crippen molar-refractivity contribution in [2.24, 2.45) is 11.8 Å². The van der Waals surface area contributed by atoms with Crippen LogP contribution in [0.25, 0.3) is 0 Å². The molecule has 0 heterocycles. The van der Waals surface area contributed by atoms with Gasteiger partial charge >= 0.3 is 0 Å². The number of hydrogen-bond donors (Lipinski definition) is 0. The van der Waals surface area contributed by atoms with E-state index in [4.69, 9.17) is 14.3 Å². The molecule has 2 fully saturated rings. The van der Waals surface area contributed by atoms with Gasteiger partial charge in [0.2, 0.25) is 0 Å². The Labute approximate surface area is 58.0 Å². The van der Waals surface area contributed by atoms with Gasteiger partial charge in [0, 0.05) is 8.12 Å². The van der Waals surface area contributed by atoms with Crippen LogP contribution in [0, 0.1) is 11.8 Å². The first kappa shape index (κ1) is 3.46. The second-order valence-electron chi connectivity index (χ2n) is 2.73. The maximum absolute atomic E-state index is 7.58. The van der Waals surface area contributed by atoms with Gasteiger partial charge in [-0.2, -0.15) is 0 Å². The van der Waals surface area contributed by atoms with E-state index in [0.29, 0.717) is 11.8 Å². The fraction of sp³-hybridized carbons (Fsp3) is 1.00. The number of rotatable bonds is 0. The molecule has 8 heavy (non-hydrogen) atoms. The van der Waals surface area contributed by atoms with Gasteiger partial charge in [0.25, 0.3) is 0 Å². The average Bonchev–Trinajstić information content (AvgIpc) is 2.34. The van der Waals surface area contributed by atoms with Crippen LogP contribution in [0.1, 0.15) is 28.4 Å². The molecule has 0 radical (unpaired) electrons. The Bertz CT molecular complexity index is 127. The molecule has 0 aliphatic heterocycles. The van der Waals surface area contributed by atoms with Crippen molar-refractivity contribution in [1.82, 2.24) is 0 Å². The highest BCUT2D eigenvalue weighted by Crippen LogP contribution is 2.47. The molecule has 0 saturated heterocycles. The summed E-state index contributed by atoms with van der Waals surface area (Å²) in [6, 6.07) is 0. The first-order chi connectivity index (χ1) is 4.72. The van der Waals surface area contributed by atoms with Crippen molar-refractivity contribution in [1.29, 1.82) is 0 Å². The van der Waals surface area contributed by atoms with Crippen LogP contribution < -0.4 is 0 Å². The van der Waals surface area contributed by atoms with Gasteiger partial charge in [-0.25, -0.2) is 0 Å². The van der Waals surface area contributed by atoms with E-state index in [9.17, 15) is 0 Å². The van der Waals surface area contributed by atoms with Crippen LogP contribution in [0.2, 0.25) is 0 Å². The quantitative estimate of drug-likeness (QED) is 0.444. The lowest BCUT2D eigenvalue weighted by Crippen LogP contribution is -2.02. The third kappa shape index (κ3) is 0.526. The molecule has 1 heteroatoms. The van der Waals surface area contributed by atoms with Crippen molar-refractivity contribution in [2.75, 3.05) is 0 Å². The van der Waals surface area contributed by atoms with E-state index in [2.05, 4.69) is 0 Å². The summed E-state index contributed by atoms with van der Waals surface area (Å²) in [6.07, 6.45) is 1.78. The second-order valence-corrected chi connectivity index (χ2v) is 3.24. The maximum atomic E-state index is 7.58. The molecule has 2 rings (SSSR count). The van der Waals surface area contributed by atoms with E-state index < -0.39 is 0 Å². The summed E-state index contributed by atoms with van der Waals surface area (Å²) in [5, 5.41) is 0.144. The minimum Gasteiger partial charge on any atom is -0.122 e. The summed E-state index contributed by atoms with van der Waals surface area (Å²) in [6.45, 7) is 0. The van der Waals surface area contributed by atoms with Gasteiger partial charge in [-0.1, -0.05) is 0 Å². The molecule has 0 amide bonds. The van der Waals surface area contributed by atoms with Crippen molar-refractivity contribution in [3.63, 3.8) is 0 Å². The summed E-state index contributed by atoms with van der Waals surface area (Å²) in [5.74, 6) is 0.656. The van der Waals surface area contributed by atoms with Gasteiger partial charge in [0.1, 0.15) is 0 Å². The third-order valence-electron chi connectivity index (χ3n) is 2.26. The number of hydrogen-bond acceptors (Lipinski definition) is 0. The minimum atomic E-state index is -0.193. The standard InChI is InChI=1S/C7H11Cl/c8-7-5-1-2-6(7)4-3-5/h5-7H,1-4H2/t5-,6+,7?/i1D,2D/t1-,2+,5+,6-,7?. The molecule has 0 aromatic carbocycles. The zero-order chi connectivity index (χ0) is 7.30. The van der Waals surface area contributed by atoms with E-state index in [1.807, 2.05) is 0 Å². The Morgan fingerprint density at radius 2 is 1.75 bits per heavy atom. The molecule has 1 unspecified atom stereocenters. The molecule has 0 aromatic rings. The largest absolute Gasteiger partial charge is 0.122 e. The first-order valence-corrected chi connectivity index (χ1v) is 3.64. The van der Waals surface area contributed by atoms with Crippen LogP contribution in [0.15, 0.2) is 0 Å². The summed E-state index contributed by atoms with van der Waals surface area (Å²) in [4.78, 5) is 0. The highest BCUT2D eigenvalue weighted by molar-refractivity contribution is 6.21. The van der Waals surface area contributed by atoms with Gasteiger partial charge in [-0.05, 0) is 37.5 Å². The van der Waals surface area contributed by atoms with E-state index in [-0.39, 0.29) is 18.2 Å².